The van der Waals surface area contributed by atoms with Crippen LogP contribution in [0, 0.1) is 5.82 Å². The van der Waals surface area contributed by atoms with Crippen LogP contribution in [0.1, 0.15) is 11.5 Å². The maximum absolute atomic E-state index is 13.2. The highest BCUT2D eigenvalue weighted by atomic mass is 32.2. The summed E-state index contributed by atoms with van der Waals surface area (Å²) in [5, 5.41) is 3.89. The van der Waals surface area contributed by atoms with Crippen LogP contribution in [-0.4, -0.2) is 24.8 Å². The summed E-state index contributed by atoms with van der Waals surface area (Å²) in [4.78, 5) is 4.27. The van der Waals surface area contributed by atoms with Crippen molar-refractivity contribution >= 4 is 15.7 Å². The minimum absolute atomic E-state index is 0.318. The van der Waals surface area contributed by atoms with Crippen LogP contribution in [-0.2, 0) is 16.4 Å². The summed E-state index contributed by atoms with van der Waals surface area (Å²) in [5.41, 5.74) is 1.87. The molecular formula is C16H14FN3O3S. The number of halogens is 1. The van der Waals surface area contributed by atoms with Crippen molar-refractivity contribution in [2.24, 2.45) is 0 Å². The number of hydrogen-bond donors (Lipinski definition) is 1. The van der Waals surface area contributed by atoms with Gasteiger partial charge in [0.15, 0.2) is 0 Å². The molecule has 0 saturated heterocycles. The van der Waals surface area contributed by atoms with E-state index < -0.39 is 10.0 Å². The van der Waals surface area contributed by atoms with Crippen molar-refractivity contribution in [1.29, 1.82) is 0 Å². The molecule has 3 aromatic rings. The van der Waals surface area contributed by atoms with E-state index in [0.29, 0.717) is 29.4 Å². The lowest BCUT2D eigenvalue weighted by atomic mass is 10.1. The number of aromatic nitrogens is 2. The Balaban J connectivity index is 1.75. The Hall–Kier alpha value is -2.74. The van der Waals surface area contributed by atoms with Crippen molar-refractivity contribution in [3.05, 3.63) is 65.8 Å². The molecule has 0 aliphatic rings. The Labute approximate surface area is 138 Å². The molecule has 0 fully saturated rings. The highest BCUT2D eigenvalue weighted by Gasteiger charge is 2.10. The van der Waals surface area contributed by atoms with Crippen LogP contribution in [0.3, 0.4) is 0 Å². The van der Waals surface area contributed by atoms with Gasteiger partial charge in [-0.1, -0.05) is 17.3 Å². The molecule has 3 rings (SSSR count). The number of anilines is 1. The van der Waals surface area contributed by atoms with Crippen LogP contribution >= 0.6 is 0 Å². The molecule has 0 amide bonds. The van der Waals surface area contributed by atoms with E-state index in [1.807, 2.05) is 0 Å². The van der Waals surface area contributed by atoms with Crippen LogP contribution in [0.2, 0.25) is 0 Å². The smallest absolute Gasteiger partial charge is 0.231 e. The van der Waals surface area contributed by atoms with Crippen LogP contribution in [0.15, 0.2) is 53.1 Å². The second kappa shape index (κ2) is 6.40. The maximum Gasteiger partial charge on any atom is 0.231 e. The van der Waals surface area contributed by atoms with Crippen molar-refractivity contribution in [3.8, 4) is 11.4 Å². The molecule has 8 heteroatoms. The van der Waals surface area contributed by atoms with Gasteiger partial charge in [-0.15, -0.1) is 0 Å². The lowest BCUT2D eigenvalue weighted by Crippen LogP contribution is -2.09. The molecular weight excluding hydrogens is 333 g/mol. The molecule has 0 aliphatic carbocycles. The Morgan fingerprint density at radius 2 is 1.92 bits per heavy atom. The zero-order valence-electron chi connectivity index (χ0n) is 12.7. The van der Waals surface area contributed by atoms with Crippen LogP contribution in [0.25, 0.3) is 11.4 Å². The van der Waals surface area contributed by atoms with Crippen LogP contribution < -0.4 is 4.72 Å². The van der Waals surface area contributed by atoms with Crippen LogP contribution in [0.4, 0.5) is 10.1 Å². The van der Waals surface area contributed by atoms with Gasteiger partial charge in [-0.05, 0) is 42.0 Å². The molecule has 6 nitrogen and oxygen atoms in total. The SMILES string of the molecule is CS(=O)(=O)Nc1ccc(-c2noc(Cc3cccc(F)c3)n2)cc1. The van der Waals surface area contributed by atoms with Gasteiger partial charge >= 0.3 is 0 Å². The van der Waals surface area contributed by atoms with E-state index in [0.717, 1.165) is 11.8 Å². The lowest BCUT2D eigenvalue weighted by molar-refractivity contribution is 0.385. The average molecular weight is 347 g/mol. The van der Waals surface area contributed by atoms with Gasteiger partial charge in [-0.25, -0.2) is 12.8 Å². The quantitative estimate of drug-likeness (QED) is 0.767. The number of benzene rings is 2. The normalized spacial score (nSPS) is 11.4. The van der Waals surface area contributed by atoms with Gasteiger partial charge in [-0.3, -0.25) is 4.72 Å². The maximum atomic E-state index is 13.2. The predicted octanol–water partition coefficient (Wildman–Crippen LogP) is 2.84. The minimum atomic E-state index is -3.32. The van der Waals surface area contributed by atoms with E-state index in [-0.39, 0.29) is 5.82 Å². The first-order valence-electron chi connectivity index (χ1n) is 7.04. The topological polar surface area (TPSA) is 85.1 Å². The molecule has 0 atom stereocenters. The van der Waals surface area contributed by atoms with Crippen molar-refractivity contribution in [3.63, 3.8) is 0 Å². The van der Waals surface area contributed by atoms with Crippen molar-refractivity contribution in [2.75, 3.05) is 11.0 Å². The van der Waals surface area contributed by atoms with Gasteiger partial charge in [0.25, 0.3) is 0 Å². The van der Waals surface area contributed by atoms with Crippen molar-refractivity contribution in [1.82, 2.24) is 10.1 Å². The summed E-state index contributed by atoms with van der Waals surface area (Å²) >= 11 is 0. The average Bonchev–Trinajstić information content (AvgIpc) is 2.95. The Morgan fingerprint density at radius 3 is 2.58 bits per heavy atom. The molecule has 0 bridgehead atoms. The second-order valence-corrected chi connectivity index (χ2v) is 7.02. The minimum Gasteiger partial charge on any atom is -0.339 e. The number of nitrogens with zero attached hydrogens (tertiary/aromatic N) is 2. The zero-order valence-corrected chi connectivity index (χ0v) is 13.5. The highest BCUT2D eigenvalue weighted by molar-refractivity contribution is 7.92. The van der Waals surface area contributed by atoms with E-state index >= 15 is 0 Å². The van der Waals surface area contributed by atoms with E-state index in [2.05, 4.69) is 14.9 Å². The largest absolute Gasteiger partial charge is 0.339 e. The standard InChI is InChI=1S/C16H14FN3O3S/c1-24(21,22)20-14-7-5-12(6-8-14)16-18-15(23-19-16)10-11-3-2-4-13(17)9-11/h2-9,20H,10H2,1H3. The Morgan fingerprint density at radius 1 is 1.17 bits per heavy atom. The summed E-state index contributed by atoms with van der Waals surface area (Å²) in [6, 6.07) is 12.8. The first kappa shape index (κ1) is 16.1. The summed E-state index contributed by atoms with van der Waals surface area (Å²) in [6.07, 6.45) is 1.41. The molecule has 0 radical (unpaired) electrons. The van der Waals surface area contributed by atoms with Crippen molar-refractivity contribution in [2.45, 2.75) is 6.42 Å². The molecule has 0 saturated carbocycles. The third kappa shape index (κ3) is 4.17. The Kier molecular flexibility index (Phi) is 4.30. The number of hydrogen-bond acceptors (Lipinski definition) is 5. The first-order chi connectivity index (χ1) is 11.4. The molecule has 2 aromatic carbocycles. The zero-order chi connectivity index (χ0) is 17.2. The van der Waals surface area contributed by atoms with Gasteiger partial charge in [0.1, 0.15) is 5.82 Å². The van der Waals surface area contributed by atoms with Gasteiger partial charge in [-0.2, -0.15) is 4.98 Å². The van der Waals surface area contributed by atoms with E-state index in [4.69, 9.17) is 4.52 Å². The van der Waals surface area contributed by atoms with Gasteiger partial charge < -0.3 is 4.52 Å². The van der Waals surface area contributed by atoms with Gasteiger partial charge in [0.2, 0.25) is 21.7 Å². The highest BCUT2D eigenvalue weighted by Crippen LogP contribution is 2.20. The van der Waals surface area contributed by atoms with E-state index in [1.54, 1.807) is 36.4 Å². The Bertz CT molecular complexity index is 953. The van der Waals surface area contributed by atoms with E-state index in [1.165, 1.54) is 12.1 Å². The number of rotatable bonds is 5. The first-order valence-corrected chi connectivity index (χ1v) is 8.93. The van der Waals surface area contributed by atoms with Gasteiger partial charge in [0.05, 0.1) is 12.7 Å². The molecule has 1 heterocycles. The molecule has 0 unspecified atom stereocenters. The monoisotopic (exact) mass is 347 g/mol. The fraction of sp³-hybridized carbons (Fsp3) is 0.125. The molecule has 24 heavy (non-hydrogen) atoms. The van der Waals surface area contributed by atoms with Crippen molar-refractivity contribution < 1.29 is 17.3 Å². The summed E-state index contributed by atoms with van der Waals surface area (Å²) in [7, 11) is -3.32. The second-order valence-electron chi connectivity index (χ2n) is 5.27. The molecule has 1 aromatic heterocycles. The molecule has 0 aliphatic heterocycles. The fourth-order valence-electron chi connectivity index (χ4n) is 2.17. The van der Waals surface area contributed by atoms with Crippen LogP contribution in [0.5, 0.6) is 0 Å². The molecule has 1 N–H and O–H groups in total. The summed E-state index contributed by atoms with van der Waals surface area (Å²) in [6.45, 7) is 0. The fourth-order valence-corrected chi connectivity index (χ4v) is 2.73. The van der Waals surface area contributed by atoms with Gasteiger partial charge in [0, 0.05) is 11.3 Å². The predicted molar refractivity (Wildman–Crippen MR) is 87.4 cm³/mol. The summed E-state index contributed by atoms with van der Waals surface area (Å²) < 4.78 is 43.1. The number of sulfonamides is 1. The summed E-state index contributed by atoms with van der Waals surface area (Å²) in [5.74, 6) is 0.433. The third-order valence-electron chi connectivity index (χ3n) is 3.16. The van der Waals surface area contributed by atoms with E-state index in [9.17, 15) is 12.8 Å². The molecule has 0 spiro atoms. The lowest BCUT2D eigenvalue weighted by Gasteiger charge is -2.03. The molecule has 124 valence electrons. The third-order valence-corrected chi connectivity index (χ3v) is 3.77. The number of nitrogens with one attached hydrogen (secondary N) is 1.